The van der Waals surface area contributed by atoms with Crippen molar-refractivity contribution in [2.24, 2.45) is 23.5 Å². The van der Waals surface area contributed by atoms with Gasteiger partial charge >= 0.3 is 0 Å². The Hall–Kier alpha value is -0.830. The van der Waals surface area contributed by atoms with Crippen LogP contribution < -0.4 is 5.73 Å². The molecule has 5 aliphatic carbocycles. The molecule has 1 unspecified atom stereocenters. The largest absolute Gasteiger partial charge is 0.327 e. The van der Waals surface area contributed by atoms with Crippen molar-refractivity contribution in [3.05, 3.63) is 17.5 Å². The van der Waals surface area contributed by atoms with Gasteiger partial charge in [0.05, 0.1) is 11.7 Å². The van der Waals surface area contributed by atoms with E-state index in [1.165, 1.54) is 49.8 Å². The number of fused-ring (bicyclic) bond motifs is 1. The average Bonchev–Trinajstić information content (AvgIpc) is 2.80. The Morgan fingerprint density at radius 3 is 2.40 bits per heavy atom. The maximum Gasteiger partial charge on any atom is 0.0638 e. The first-order valence-electron chi connectivity index (χ1n) is 8.54. The van der Waals surface area contributed by atoms with E-state index in [2.05, 4.69) is 10.9 Å². The van der Waals surface area contributed by atoms with Crippen molar-refractivity contribution in [2.45, 2.75) is 69.4 Å². The Balaban J connectivity index is 1.57. The van der Waals surface area contributed by atoms with Gasteiger partial charge in [-0.25, -0.2) is 0 Å². The minimum atomic E-state index is 0.358. The fourth-order valence-corrected chi connectivity index (χ4v) is 6.28. The lowest BCUT2D eigenvalue weighted by atomic mass is 9.53. The second-order valence-corrected chi connectivity index (χ2v) is 8.17. The molecule has 1 atom stereocenters. The van der Waals surface area contributed by atoms with Gasteiger partial charge < -0.3 is 5.73 Å². The van der Waals surface area contributed by atoms with Gasteiger partial charge in [0.15, 0.2) is 0 Å². The number of nitrogens with two attached hydrogens (primary N) is 1. The number of rotatable bonds is 1. The van der Waals surface area contributed by atoms with E-state index in [-0.39, 0.29) is 0 Å². The summed E-state index contributed by atoms with van der Waals surface area (Å²) in [5.74, 6) is 2.98. The molecule has 4 saturated carbocycles. The molecule has 2 N–H and O–H groups in total. The first-order valence-corrected chi connectivity index (χ1v) is 8.54. The predicted octanol–water partition coefficient (Wildman–Crippen LogP) is 2.62. The molecule has 3 heteroatoms. The van der Waals surface area contributed by atoms with Crippen molar-refractivity contribution in [3.63, 3.8) is 0 Å². The van der Waals surface area contributed by atoms with Crippen LogP contribution in [0.1, 0.15) is 56.2 Å². The number of nitrogens with zero attached hydrogens (tertiary/aromatic N) is 2. The van der Waals surface area contributed by atoms with E-state index in [4.69, 9.17) is 10.8 Å². The molecule has 0 amide bonds. The highest BCUT2D eigenvalue weighted by atomic mass is 15.3. The molecule has 3 nitrogen and oxygen atoms in total. The standard InChI is InChI=1S/C17H25N3/c18-15-1-2-16-14(6-15)10-19-20(16)17-7-11-3-12(8-17)5-13(4-11)9-17/h10-13,15H,1-9,18H2. The molecule has 4 bridgehead atoms. The predicted molar refractivity (Wildman–Crippen MR) is 78.4 cm³/mol. The van der Waals surface area contributed by atoms with Gasteiger partial charge in [0.1, 0.15) is 0 Å². The van der Waals surface area contributed by atoms with Gasteiger partial charge in [0, 0.05) is 11.7 Å². The summed E-state index contributed by atoms with van der Waals surface area (Å²) in [4.78, 5) is 0. The van der Waals surface area contributed by atoms with Crippen molar-refractivity contribution < 1.29 is 0 Å². The molecule has 20 heavy (non-hydrogen) atoms. The zero-order valence-electron chi connectivity index (χ0n) is 12.2. The molecule has 5 aliphatic rings. The average molecular weight is 271 g/mol. The highest BCUT2D eigenvalue weighted by Crippen LogP contribution is 2.59. The molecule has 0 aliphatic heterocycles. The van der Waals surface area contributed by atoms with Crippen LogP contribution in [0.3, 0.4) is 0 Å². The molecule has 1 aromatic heterocycles. The molecule has 0 spiro atoms. The fraction of sp³-hybridized carbons (Fsp3) is 0.824. The molecular formula is C17H25N3. The van der Waals surface area contributed by atoms with Crippen molar-refractivity contribution in [3.8, 4) is 0 Å². The second-order valence-electron chi connectivity index (χ2n) is 8.17. The molecule has 108 valence electrons. The number of hydrogen-bond acceptors (Lipinski definition) is 2. The third-order valence-electron chi connectivity index (χ3n) is 6.64. The third-order valence-corrected chi connectivity index (χ3v) is 6.64. The lowest BCUT2D eigenvalue weighted by Crippen LogP contribution is -2.52. The Labute approximate surface area is 120 Å². The first-order chi connectivity index (χ1) is 9.72. The summed E-state index contributed by atoms with van der Waals surface area (Å²) in [5, 5.41) is 4.88. The molecule has 0 radical (unpaired) electrons. The summed E-state index contributed by atoms with van der Waals surface area (Å²) in [6, 6.07) is 0.358. The van der Waals surface area contributed by atoms with E-state index in [0.29, 0.717) is 11.6 Å². The molecule has 4 fully saturated rings. The van der Waals surface area contributed by atoms with Gasteiger partial charge in [-0.2, -0.15) is 5.10 Å². The van der Waals surface area contributed by atoms with Crippen molar-refractivity contribution in [2.75, 3.05) is 0 Å². The monoisotopic (exact) mass is 271 g/mol. The SMILES string of the molecule is NC1CCc2c(cnn2C23CC4CC(CC(C4)C2)C3)C1. The van der Waals surface area contributed by atoms with Gasteiger partial charge in [-0.05, 0) is 81.1 Å². The summed E-state index contributed by atoms with van der Waals surface area (Å²) in [7, 11) is 0. The van der Waals surface area contributed by atoms with Crippen LogP contribution in [0, 0.1) is 17.8 Å². The summed E-state index contributed by atoms with van der Waals surface area (Å²) in [6.45, 7) is 0. The van der Waals surface area contributed by atoms with E-state index in [1.807, 2.05) is 0 Å². The van der Waals surface area contributed by atoms with Crippen LogP contribution in [0.25, 0.3) is 0 Å². The van der Waals surface area contributed by atoms with Crippen LogP contribution in [0.5, 0.6) is 0 Å². The Morgan fingerprint density at radius 2 is 1.75 bits per heavy atom. The van der Waals surface area contributed by atoms with Crippen LogP contribution in [0.15, 0.2) is 6.20 Å². The lowest BCUT2D eigenvalue weighted by molar-refractivity contribution is -0.0509. The fourth-order valence-electron chi connectivity index (χ4n) is 6.28. The van der Waals surface area contributed by atoms with Crippen LogP contribution in [-0.4, -0.2) is 15.8 Å². The summed E-state index contributed by atoms with van der Waals surface area (Å²) < 4.78 is 2.50. The topological polar surface area (TPSA) is 43.8 Å². The summed E-state index contributed by atoms with van der Waals surface area (Å²) in [6.07, 6.45) is 14.2. The molecule has 0 aromatic carbocycles. The highest BCUT2D eigenvalue weighted by Gasteiger charge is 2.53. The highest BCUT2D eigenvalue weighted by molar-refractivity contribution is 5.25. The van der Waals surface area contributed by atoms with Gasteiger partial charge in [0.2, 0.25) is 0 Å². The van der Waals surface area contributed by atoms with Crippen LogP contribution in [0.4, 0.5) is 0 Å². The van der Waals surface area contributed by atoms with Crippen LogP contribution >= 0.6 is 0 Å². The van der Waals surface area contributed by atoms with E-state index >= 15 is 0 Å². The Bertz CT molecular complexity index is 509. The van der Waals surface area contributed by atoms with Gasteiger partial charge in [0.25, 0.3) is 0 Å². The van der Waals surface area contributed by atoms with E-state index in [9.17, 15) is 0 Å². The maximum absolute atomic E-state index is 6.13. The number of hydrogen-bond donors (Lipinski definition) is 1. The van der Waals surface area contributed by atoms with Gasteiger partial charge in [-0.15, -0.1) is 0 Å². The summed E-state index contributed by atoms with van der Waals surface area (Å²) in [5.41, 5.74) is 9.50. The quantitative estimate of drug-likeness (QED) is 0.853. The molecule has 0 saturated heterocycles. The molecule has 1 heterocycles. The minimum Gasteiger partial charge on any atom is -0.327 e. The number of aromatic nitrogens is 2. The van der Waals surface area contributed by atoms with Crippen molar-refractivity contribution >= 4 is 0 Å². The molecule has 1 aromatic rings. The third kappa shape index (κ3) is 1.53. The lowest BCUT2D eigenvalue weighted by Gasteiger charge is -2.57. The smallest absolute Gasteiger partial charge is 0.0638 e. The second kappa shape index (κ2) is 3.88. The van der Waals surface area contributed by atoms with Gasteiger partial charge in [-0.3, -0.25) is 4.68 Å². The summed E-state index contributed by atoms with van der Waals surface area (Å²) >= 11 is 0. The minimum absolute atomic E-state index is 0.358. The Kier molecular flexibility index (Phi) is 2.29. The maximum atomic E-state index is 6.13. The first kappa shape index (κ1) is 11.8. The molecule has 6 rings (SSSR count). The van der Waals surface area contributed by atoms with E-state index in [1.54, 1.807) is 0 Å². The zero-order valence-corrected chi connectivity index (χ0v) is 12.2. The van der Waals surface area contributed by atoms with Crippen LogP contribution in [0.2, 0.25) is 0 Å². The van der Waals surface area contributed by atoms with Gasteiger partial charge in [-0.1, -0.05) is 0 Å². The van der Waals surface area contributed by atoms with Crippen molar-refractivity contribution in [1.82, 2.24) is 9.78 Å². The normalized spacial score (nSPS) is 45.6. The van der Waals surface area contributed by atoms with E-state index < -0.39 is 0 Å². The van der Waals surface area contributed by atoms with E-state index in [0.717, 1.165) is 37.0 Å². The molecular weight excluding hydrogens is 246 g/mol. The van der Waals surface area contributed by atoms with Crippen LogP contribution in [-0.2, 0) is 18.4 Å². The zero-order chi connectivity index (χ0) is 13.3. The van der Waals surface area contributed by atoms with Crippen molar-refractivity contribution in [1.29, 1.82) is 0 Å². The Morgan fingerprint density at radius 1 is 1.10 bits per heavy atom.